The zero-order valence-electron chi connectivity index (χ0n) is 9.77. The Kier molecular flexibility index (Phi) is 5.49. The van der Waals surface area contributed by atoms with Crippen molar-refractivity contribution < 1.29 is 9.90 Å². The summed E-state index contributed by atoms with van der Waals surface area (Å²) in [6.45, 7) is 4.45. The molecule has 1 aromatic heterocycles. The van der Waals surface area contributed by atoms with E-state index >= 15 is 0 Å². The van der Waals surface area contributed by atoms with Crippen molar-refractivity contribution in [1.29, 1.82) is 0 Å². The molecule has 1 atom stereocenters. The number of aliphatic hydroxyl groups excluding tert-OH is 1. The van der Waals surface area contributed by atoms with Crippen LogP contribution in [0.5, 0.6) is 0 Å². The predicted octanol–water partition coefficient (Wildman–Crippen LogP) is 1.81. The van der Waals surface area contributed by atoms with Crippen LogP contribution in [0.2, 0.25) is 0 Å². The molecule has 16 heavy (non-hydrogen) atoms. The maximum Gasteiger partial charge on any atom is 0.224 e. The second-order valence-electron chi connectivity index (χ2n) is 4.40. The Bertz CT molecular complexity index is 309. The summed E-state index contributed by atoms with van der Waals surface area (Å²) in [6.07, 6.45) is 0.683. The largest absolute Gasteiger partial charge is 0.391 e. The highest BCUT2D eigenvalue weighted by Gasteiger charge is 2.09. The van der Waals surface area contributed by atoms with Gasteiger partial charge in [0.1, 0.15) is 0 Å². The van der Waals surface area contributed by atoms with Gasteiger partial charge in [-0.1, -0.05) is 13.8 Å². The number of aliphatic hydroxyl groups is 1. The fourth-order valence-corrected chi connectivity index (χ4v) is 2.17. The lowest BCUT2D eigenvalue weighted by molar-refractivity contribution is -0.120. The monoisotopic (exact) mass is 241 g/mol. The molecule has 0 aliphatic rings. The molecule has 2 N–H and O–H groups in total. The van der Waals surface area contributed by atoms with Gasteiger partial charge in [-0.05, 0) is 34.7 Å². The molecule has 1 heterocycles. The molecule has 90 valence electrons. The summed E-state index contributed by atoms with van der Waals surface area (Å²) in [5.74, 6) is 0.421. The van der Waals surface area contributed by atoms with E-state index in [1.165, 1.54) is 0 Å². The molecule has 0 aliphatic carbocycles. The molecule has 0 aromatic carbocycles. The van der Waals surface area contributed by atoms with Crippen LogP contribution in [0.3, 0.4) is 0 Å². The average molecular weight is 241 g/mol. The Morgan fingerprint density at radius 1 is 1.56 bits per heavy atom. The molecule has 0 saturated heterocycles. The number of amides is 1. The minimum atomic E-state index is -0.438. The number of thiophene rings is 1. The van der Waals surface area contributed by atoms with Gasteiger partial charge in [0.15, 0.2) is 0 Å². The number of hydrogen-bond donors (Lipinski definition) is 2. The summed E-state index contributed by atoms with van der Waals surface area (Å²) in [6, 6.07) is 1.94. The van der Waals surface area contributed by atoms with Gasteiger partial charge in [-0.2, -0.15) is 11.3 Å². The maximum absolute atomic E-state index is 11.5. The third kappa shape index (κ3) is 5.28. The van der Waals surface area contributed by atoms with E-state index in [1.54, 1.807) is 11.3 Å². The minimum Gasteiger partial charge on any atom is -0.391 e. The lowest BCUT2D eigenvalue weighted by Crippen LogP contribution is -2.33. The Hall–Kier alpha value is -0.870. The van der Waals surface area contributed by atoms with Crippen molar-refractivity contribution in [2.45, 2.75) is 32.8 Å². The molecule has 3 nitrogen and oxygen atoms in total. The smallest absolute Gasteiger partial charge is 0.224 e. The molecule has 1 aromatic rings. The number of hydrogen-bond acceptors (Lipinski definition) is 3. The Morgan fingerprint density at radius 2 is 2.31 bits per heavy atom. The standard InChI is InChI=1S/C12H19NO2S/c1-9(2)5-11(14)7-13-12(15)6-10-3-4-16-8-10/h3-4,8-9,11,14H,5-7H2,1-2H3,(H,13,15). The molecule has 4 heteroatoms. The summed E-state index contributed by atoms with van der Waals surface area (Å²) >= 11 is 1.58. The normalized spacial score (nSPS) is 12.8. The van der Waals surface area contributed by atoms with Crippen molar-refractivity contribution in [2.24, 2.45) is 5.92 Å². The van der Waals surface area contributed by atoms with Crippen LogP contribution in [0.4, 0.5) is 0 Å². The zero-order chi connectivity index (χ0) is 12.0. The van der Waals surface area contributed by atoms with Crippen LogP contribution in [-0.4, -0.2) is 23.7 Å². The van der Waals surface area contributed by atoms with Crippen molar-refractivity contribution in [1.82, 2.24) is 5.32 Å². The molecule has 0 saturated carbocycles. The second kappa shape index (κ2) is 6.66. The van der Waals surface area contributed by atoms with Gasteiger partial charge in [-0.25, -0.2) is 0 Å². The molecular weight excluding hydrogens is 222 g/mol. The molecular formula is C12H19NO2S. The van der Waals surface area contributed by atoms with Gasteiger partial charge in [0, 0.05) is 6.54 Å². The minimum absolute atomic E-state index is 0.0267. The second-order valence-corrected chi connectivity index (χ2v) is 5.18. The quantitative estimate of drug-likeness (QED) is 0.798. The first-order valence-corrected chi connectivity index (χ1v) is 6.48. The first-order chi connectivity index (χ1) is 7.58. The van der Waals surface area contributed by atoms with Crippen LogP contribution in [0, 0.1) is 5.92 Å². The van der Waals surface area contributed by atoms with Crippen LogP contribution >= 0.6 is 11.3 Å². The molecule has 1 amide bonds. The third-order valence-corrected chi connectivity index (χ3v) is 2.96. The average Bonchev–Trinajstić information content (AvgIpc) is 2.66. The van der Waals surface area contributed by atoms with E-state index in [-0.39, 0.29) is 5.91 Å². The van der Waals surface area contributed by atoms with Crippen LogP contribution < -0.4 is 5.32 Å². The van der Waals surface area contributed by atoms with Gasteiger partial charge in [0.2, 0.25) is 5.91 Å². The Balaban J connectivity index is 2.20. The number of carbonyl (C=O) groups is 1. The van der Waals surface area contributed by atoms with Gasteiger partial charge < -0.3 is 10.4 Å². The highest BCUT2D eigenvalue weighted by Crippen LogP contribution is 2.06. The summed E-state index contributed by atoms with van der Waals surface area (Å²) < 4.78 is 0. The third-order valence-electron chi connectivity index (χ3n) is 2.22. The number of nitrogens with one attached hydrogen (secondary N) is 1. The van der Waals surface area contributed by atoms with E-state index in [0.717, 1.165) is 12.0 Å². The van der Waals surface area contributed by atoms with Gasteiger partial charge in [-0.3, -0.25) is 4.79 Å². The molecule has 0 radical (unpaired) electrons. The lowest BCUT2D eigenvalue weighted by Gasteiger charge is -2.13. The number of carbonyl (C=O) groups excluding carboxylic acids is 1. The van der Waals surface area contributed by atoms with E-state index < -0.39 is 6.10 Å². The molecule has 1 rings (SSSR count). The van der Waals surface area contributed by atoms with Crippen molar-refractivity contribution in [2.75, 3.05) is 6.54 Å². The summed E-state index contributed by atoms with van der Waals surface area (Å²) in [7, 11) is 0. The van der Waals surface area contributed by atoms with Crippen LogP contribution in [0.25, 0.3) is 0 Å². The van der Waals surface area contributed by atoms with Crippen molar-refractivity contribution in [3.05, 3.63) is 22.4 Å². The zero-order valence-corrected chi connectivity index (χ0v) is 10.6. The predicted molar refractivity (Wildman–Crippen MR) is 66.5 cm³/mol. The van der Waals surface area contributed by atoms with E-state index in [9.17, 15) is 9.90 Å². The molecule has 0 fully saturated rings. The van der Waals surface area contributed by atoms with Crippen LogP contribution in [0.15, 0.2) is 16.8 Å². The van der Waals surface area contributed by atoms with E-state index in [0.29, 0.717) is 18.9 Å². The number of rotatable bonds is 6. The van der Waals surface area contributed by atoms with Crippen LogP contribution in [-0.2, 0) is 11.2 Å². The summed E-state index contributed by atoms with van der Waals surface area (Å²) in [4.78, 5) is 11.5. The van der Waals surface area contributed by atoms with Gasteiger partial charge >= 0.3 is 0 Å². The molecule has 1 unspecified atom stereocenters. The van der Waals surface area contributed by atoms with Gasteiger partial charge in [0.05, 0.1) is 12.5 Å². The first kappa shape index (κ1) is 13.2. The van der Waals surface area contributed by atoms with Crippen molar-refractivity contribution in [3.8, 4) is 0 Å². The lowest BCUT2D eigenvalue weighted by atomic mass is 10.1. The fourth-order valence-electron chi connectivity index (χ4n) is 1.50. The summed E-state index contributed by atoms with van der Waals surface area (Å²) in [5, 5.41) is 16.2. The fraction of sp³-hybridized carbons (Fsp3) is 0.583. The van der Waals surface area contributed by atoms with E-state index in [4.69, 9.17) is 0 Å². The van der Waals surface area contributed by atoms with Crippen LogP contribution in [0.1, 0.15) is 25.8 Å². The SMILES string of the molecule is CC(C)CC(O)CNC(=O)Cc1ccsc1. The molecule has 0 spiro atoms. The van der Waals surface area contributed by atoms with E-state index in [1.807, 2.05) is 16.8 Å². The molecule has 0 aliphatic heterocycles. The van der Waals surface area contributed by atoms with Crippen molar-refractivity contribution in [3.63, 3.8) is 0 Å². The molecule has 0 bridgehead atoms. The topological polar surface area (TPSA) is 49.3 Å². The summed E-state index contributed by atoms with van der Waals surface area (Å²) in [5.41, 5.74) is 1.03. The Morgan fingerprint density at radius 3 is 2.88 bits per heavy atom. The first-order valence-electron chi connectivity index (χ1n) is 5.53. The highest BCUT2D eigenvalue weighted by molar-refractivity contribution is 7.07. The van der Waals surface area contributed by atoms with Crippen molar-refractivity contribution >= 4 is 17.2 Å². The van der Waals surface area contributed by atoms with Gasteiger partial charge in [-0.15, -0.1) is 0 Å². The van der Waals surface area contributed by atoms with E-state index in [2.05, 4.69) is 19.2 Å². The Labute approximate surface area is 100 Å². The maximum atomic E-state index is 11.5. The highest BCUT2D eigenvalue weighted by atomic mass is 32.1. The van der Waals surface area contributed by atoms with Gasteiger partial charge in [0.25, 0.3) is 0 Å².